The van der Waals surface area contributed by atoms with E-state index < -0.39 is 0 Å². The van der Waals surface area contributed by atoms with Crippen molar-refractivity contribution in [1.82, 2.24) is 19.1 Å². The second-order valence-electron chi connectivity index (χ2n) is 8.45. The van der Waals surface area contributed by atoms with Gasteiger partial charge in [-0.3, -0.25) is 14.5 Å². The van der Waals surface area contributed by atoms with Gasteiger partial charge in [0.05, 0.1) is 22.8 Å². The van der Waals surface area contributed by atoms with Gasteiger partial charge in [-0.15, -0.1) is 0 Å². The molecule has 3 heterocycles. The van der Waals surface area contributed by atoms with Crippen molar-refractivity contribution < 1.29 is 4.74 Å². The van der Waals surface area contributed by atoms with Gasteiger partial charge in [-0.2, -0.15) is 0 Å². The van der Waals surface area contributed by atoms with Crippen LogP contribution in [0, 0.1) is 0 Å². The Morgan fingerprint density at radius 2 is 1.74 bits per heavy atom. The SMILES string of the molecule is Cn1cc(-c2cc(-c3cnc4c(c3)C=CC4)ccn2)n(-c2cccc(Oc3ccccc3)c2)c1=O. The maximum Gasteiger partial charge on any atom is 0.333 e. The maximum atomic E-state index is 13.2. The van der Waals surface area contributed by atoms with E-state index in [-0.39, 0.29) is 5.69 Å². The molecule has 170 valence electrons. The van der Waals surface area contributed by atoms with Crippen molar-refractivity contribution in [2.75, 3.05) is 0 Å². The highest BCUT2D eigenvalue weighted by Gasteiger charge is 2.16. The van der Waals surface area contributed by atoms with Crippen LogP contribution in [0.15, 0.2) is 102 Å². The van der Waals surface area contributed by atoms with Crippen LogP contribution in [0.5, 0.6) is 11.5 Å². The normalized spacial score (nSPS) is 12.0. The van der Waals surface area contributed by atoms with Crippen LogP contribution in [-0.4, -0.2) is 19.1 Å². The summed E-state index contributed by atoms with van der Waals surface area (Å²) < 4.78 is 9.22. The van der Waals surface area contributed by atoms with Crippen molar-refractivity contribution in [2.45, 2.75) is 6.42 Å². The number of aromatic nitrogens is 4. The summed E-state index contributed by atoms with van der Waals surface area (Å²) in [5.74, 6) is 1.38. The molecule has 0 N–H and O–H groups in total. The van der Waals surface area contributed by atoms with Crippen LogP contribution in [-0.2, 0) is 13.5 Å². The van der Waals surface area contributed by atoms with Gasteiger partial charge in [0.15, 0.2) is 0 Å². The third kappa shape index (κ3) is 3.95. The number of hydrogen-bond donors (Lipinski definition) is 0. The van der Waals surface area contributed by atoms with Crippen molar-refractivity contribution in [2.24, 2.45) is 7.05 Å². The number of aryl methyl sites for hydroxylation is 1. The van der Waals surface area contributed by atoms with E-state index in [9.17, 15) is 4.79 Å². The number of nitrogens with zero attached hydrogens (tertiary/aromatic N) is 4. The average molecular weight is 459 g/mol. The highest BCUT2D eigenvalue weighted by molar-refractivity contribution is 5.72. The number of hydrogen-bond acceptors (Lipinski definition) is 4. The summed E-state index contributed by atoms with van der Waals surface area (Å²) >= 11 is 0. The topological polar surface area (TPSA) is 61.9 Å². The summed E-state index contributed by atoms with van der Waals surface area (Å²) in [7, 11) is 1.74. The number of ether oxygens (including phenoxy) is 1. The minimum atomic E-state index is -0.159. The van der Waals surface area contributed by atoms with Gasteiger partial charge in [0, 0.05) is 43.7 Å². The molecule has 2 aromatic carbocycles. The molecular weight excluding hydrogens is 436 g/mol. The number of rotatable bonds is 5. The van der Waals surface area contributed by atoms with E-state index in [0.29, 0.717) is 22.8 Å². The molecule has 6 rings (SSSR count). The van der Waals surface area contributed by atoms with E-state index in [1.165, 1.54) is 0 Å². The Bertz CT molecular complexity index is 1630. The smallest absolute Gasteiger partial charge is 0.333 e. The van der Waals surface area contributed by atoms with Crippen LogP contribution in [0.3, 0.4) is 0 Å². The minimum Gasteiger partial charge on any atom is -0.457 e. The molecule has 6 heteroatoms. The van der Waals surface area contributed by atoms with Gasteiger partial charge < -0.3 is 9.30 Å². The van der Waals surface area contributed by atoms with Crippen molar-refractivity contribution in [3.05, 3.63) is 119 Å². The van der Waals surface area contributed by atoms with Gasteiger partial charge in [-0.05, 0) is 53.6 Å². The first kappa shape index (κ1) is 20.9. The van der Waals surface area contributed by atoms with E-state index in [0.717, 1.165) is 34.6 Å². The van der Waals surface area contributed by atoms with Crippen LogP contribution in [0.4, 0.5) is 0 Å². The molecule has 0 aliphatic heterocycles. The van der Waals surface area contributed by atoms with Gasteiger partial charge in [0.25, 0.3) is 0 Å². The number of benzene rings is 2. The molecule has 0 radical (unpaired) electrons. The molecule has 5 aromatic rings. The van der Waals surface area contributed by atoms with E-state index in [2.05, 4.69) is 28.2 Å². The number of allylic oxidation sites excluding steroid dienone is 1. The molecule has 0 atom stereocenters. The molecule has 0 bridgehead atoms. The zero-order chi connectivity index (χ0) is 23.8. The summed E-state index contributed by atoms with van der Waals surface area (Å²) in [5.41, 5.74) is 6.20. The first-order chi connectivity index (χ1) is 17.2. The lowest BCUT2D eigenvalue weighted by Gasteiger charge is -2.11. The van der Waals surface area contributed by atoms with E-state index in [1.54, 1.807) is 22.4 Å². The van der Waals surface area contributed by atoms with E-state index >= 15 is 0 Å². The fraction of sp³-hybridized carbons (Fsp3) is 0.0690. The molecule has 0 amide bonds. The monoisotopic (exact) mass is 458 g/mol. The third-order valence-corrected chi connectivity index (χ3v) is 6.07. The lowest BCUT2D eigenvalue weighted by molar-refractivity contribution is 0.482. The molecule has 3 aromatic heterocycles. The fourth-order valence-electron chi connectivity index (χ4n) is 4.33. The summed E-state index contributed by atoms with van der Waals surface area (Å²) in [6.45, 7) is 0. The molecular formula is C29H22N4O2. The van der Waals surface area contributed by atoms with E-state index in [4.69, 9.17) is 4.74 Å². The molecule has 0 unspecified atom stereocenters. The Morgan fingerprint density at radius 1 is 0.886 bits per heavy atom. The molecule has 35 heavy (non-hydrogen) atoms. The lowest BCUT2D eigenvalue weighted by atomic mass is 10.0. The molecule has 0 fully saturated rings. The summed E-state index contributed by atoms with van der Waals surface area (Å²) in [6, 6.07) is 23.2. The van der Waals surface area contributed by atoms with Crippen LogP contribution < -0.4 is 10.4 Å². The van der Waals surface area contributed by atoms with Gasteiger partial charge in [-0.25, -0.2) is 4.79 Å². The van der Waals surface area contributed by atoms with Gasteiger partial charge in [0.2, 0.25) is 0 Å². The van der Waals surface area contributed by atoms with Gasteiger partial charge >= 0.3 is 5.69 Å². The van der Waals surface area contributed by atoms with Crippen molar-refractivity contribution >= 4 is 6.08 Å². The molecule has 0 spiro atoms. The second kappa shape index (κ2) is 8.57. The second-order valence-corrected chi connectivity index (χ2v) is 8.45. The standard InChI is InChI=1S/C29H22N4O2/c1-32-19-28(27-16-20(13-14-30-27)22-15-21-7-5-12-26(21)31-18-22)33(29(32)34)23-8-6-11-25(17-23)35-24-9-3-2-4-10-24/h2-11,13-19H,12H2,1H3. The quantitative estimate of drug-likeness (QED) is 0.341. The fourth-order valence-corrected chi connectivity index (χ4v) is 4.33. The van der Waals surface area contributed by atoms with Gasteiger partial charge in [-0.1, -0.05) is 36.4 Å². The Morgan fingerprint density at radius 3 is 2.63 bits per heavy atom. The number of para-hydroxylation sites is 1. The Kier molecular flexibility index (Phi) is 5.11. The Labute approximate surface area is 202 Å². The zero-order valence-corrected chi connectivity index (χ0v) is 19.1. The largest absolute Gasteiger partial charge is 0.457 e. The van der Waals surface area contributed by atoms with Crippen molar-refractivity contribution in [3.63, 3.8) is 0 Å². The lowest BCUT2D eigenvalue weighted by Crippen LogP contribution is -2.21. The third-order valence-electron chi connectivity index (χ3n) is 6.07. The van der Waals surface area contributed by atoms with Gasteiger partial charge in [0.1, 0.15) is 11.5 Å². The Balaban J connectivity index is 1.41. The predicted molar refractivity (Wildman–Crippen MR) is 137 cm³/mol. The van der Waals surface area contributed by atoms with Crippen molar-refractivity contribution in [3.8, 4) is 39.7 Å². The Hall–Kier alpha value is -4.71. The maximum absolute atomic E-state index is 13.2. The first-order valence-corrected chi connectivity index (χ1v) is 11.4. The summed E-state index contributed by atoms with van der Waals surface area (Å²) in [6.07, 6.45) is 10.6. The van der Waals surface area contributed by atoms with Crippen LogP contribution >= 0.6 is 0 Å². The molecule has 0 saturated heterocycles. The molecule has 6 nitrogen and oxygen atoms in total. The summed E-state index contributed by atoms with van der Waals surface area (Å²) in [5, 5.41) is 0. The number of imidazole rings is 1. The average Bonchev–Trinajstić information content (AvgIpc) is 3.48. The highest BCUT2D eigenvalue weighted by Crippen LogP contribution is 2.29. The molecule has 1 aliphatic carbocycles. The summed E-state index contributed by atoms with van der Waals surface area (Å²) in [4.78, 5) is 22.4. The van der Waals surface area contributed by atoms with Crippen LogP contribution in [0.25, 0.3) is 34.3 Å². The highest BCUT2D eigenvalue weighted by atomic mass is 16.5. The van der Waals surface area contributed by atoms with E-state index in [1.807, 2.05) is 79.1 Å². The number of pyridine rings is 2. The first-order valence-electron chi connectivity index (χ1n) is 11.4. The minimum absolute atomic E-state index is 0.159. The van der Waals surface area contributed by atoms with Crippen LogP contribution in [0.2, 0.25) is 0 Å². The van der Waals surface area contributed by atoms with Crippen molar-refractivity contribution in [1.29, 1.82) is 0 Å². The zero-order valence-electron chi connectivity index (χ0n) is 19.1. The molecule has 1 aliphatic rings. The predicted octanol–water partition coefficient (Wildman–Crippen LogP) is 5.66. The molecule has 0 saturated carbocycles. The van der Waals surface area contributed by atoms with Crippen LogP contribution in [0.1, 0.15) is 11.3 Å². The number of fused-ring (bicyclic) bond motifs is 1.